The molecule has 0 aliphatic carbocycles. The Morgan fingerprint density at radius 2 is 2.22 bits per heavy atom. The second kappa shape index (κ2) is 4.48. The maximum absolute atomic E-state index is 12.3. The number of furan rings is 1. The number of carbonyl (C=O) groups is 2. The van der Waals surface area contributed by atoms with Gasteiger partial charge in [-0.3, -0.25) is 9.59 Å². The van der Waals surface area contributed by atoms with E-state index in [2.05, 4.69) is 5.32 Å². The standard InChI is InChI=1S/C13H18N2O3/c1-4-9-5-6-10(18-9)11(16)15-8-7-14-12(17)13(15,2)3/h5-6H,4,7-8H2,1-3H3,(H,14,17). The molecule has 0 bridgehead atoms. The average Bonchev–Trinajstić information content (AvgIpc) is 2.80. The van der Waals surface area contributed by atoms with Crippen molar-refractivity contribution >= 4 is 11.8 Å². The Morgan fingerprint density at radius 1 is 1.50 bits per heavy atom. The van der Waals surface area contributed by atoms with Gasteiger partial charge in [-0.25, -0.2) is 0 Å². The van der Waals surface area contributed by atoms with Crippen LogP contribution in [-0.2, 0) is 11.2 Å². The minimum absolute atomic E-state index is 0.135. The number of hydrogen-bond acceptors (Lipinski definition) is 3. The Kier molecular flexibility index (Phi) is 3.15. The van der Waals surface area contributed by atoms with Gasteiger partial charge in [0.2, 0.25) is 5.91 Å². The molecule has 0 aromatic carbocycles. The van der Waals surface area contributed by atoms with Crippen molar-refractivity contribution in [2.75, 3.05) is 13.1 Å². The lowest BCUT2D eigenvalue weighted by Crippen LogP contribution is -2.63. The number of amides is 2. The lowest BCUT2D eigenvalue weighted by Gasteiger charge is -2.40. The molecular weight excluding hydrogens is 232 g/mol. The van der Waals surface area contributed by atoms with E-state index in [0.29, 0.717) is 18.8 Å². The van der Waals surface area contributed by atoms with Gasteiger partial charge in [0.15, 0.2) is 5.76 Å². The summed E-state index contributed by atoms with van der Waals surface area (Å²) < 4.78 is 5.45. The van der Waals surface area contributed by atoms with Gasteiger partial charge in [0.25, 0.3) is 5.91 Å². The molecule has 1 fully saturated rings. The molecule has 5 nitrogen and oxygen atoms in total. The van der Waals surface area contributed by atoms with E-state index in [9.17, 15) is 9.59 Å². The highest BCUT2D eigenvalue weighted by molar-refractivity contribution is 5.98. The van der Waals surface area contributed by atoms with Gasteiger partial charge in [-0.15, -0.1) is 0 Å². The summed E-state index contributed by atoms with van der Waals surface area (Å²) in [5, 5.41) is 2.76. The molecule has 1 aliphatic heterocycles. The van der Waals surface area contributed by atoms with Crippen LogP contribution in [0.5, 0.6) is 0 Å². The first-order valence-corrected chi connectivity index (χ1v) is 6.15. The quantitative estimate of drug-likeness (QED) is 0.857. The van der Waals surface area contributed by atoms with E-state index in [1.165, 1.54) is 0 Å². The second-order valence-electron chi connectivity index (χ2n) is 4.89. The van der Waals surface area contributed by atoms with E-state index in [4.69, 9.17) is 4.42 Å². The van der Waals surface area contributed by atoms with Crippen molar-refractivity contribution < 1.29 is 14.0 Å². The van der Waals surface area contributed by atoms with E-state index in [1.807, 2.05) is 6.92 Å². The third kappa shape index (κ3) is 2.00. The van der Waals surface area contributed by atoms with Gasteiger partial charge in [-0.2, -0.15) is 0 Å². The molecule has 2 heterocycles. The lowest BCUT2D eigenvalue weighted by atomic mass is 9.98. The molecule has 5 heteroatoms. The van der Waals surface area contributed by atoms with Crippen molar-refractivity contribution in [1.29, 1.82) is 0 Å². The maximum atomic E-state index is 12.3. The van der Waals surface area contributed by atoms with Crippen molar-refractivity contribution in [2.24, 2.45) is 0 Å². The zero-order valence-corrected chi connectivity index (χ0v) is 10.9. The molecule has 2 rings (SSSR count). The van der Waals surface area contributed by atoms with Gasteiger partial charge in [0.05, 0.1) is 0 Å². The number of hydrogen-bond donors (Lipinski definition) is 1. The second-order valence-corrected chi connectivity index (χ2v) is 4.89. The van der Waals surface area contributed by atoms with E-state index in [0.717, 1.165) is 12.2 Å². The monoisotopic (exact) mass is 250 g/mol. The Hall–Kier alpha value is -1.78. The molecule has 1 aromatic heterocycles. The fourth-order valence-corrected chi connectivity index (χ4v) is 2.07. The van der Waals surface area contributed by atoms with Gasteiger partial charge in [-0.1, -0.05) is 6.92 Å². The van der Waals surface area contributed by atoms with Crippen LogP contribution in [0.1, 0.15) is 37.1 Å². The smallest absolute Gasteiger partial charge is 0.290 e. The van der Waals surface area contributed by atoms with Gasteiger partial charge in [0, 0.05) is 19.5 Å². The molecule has 0 atom stereocenters. The highest BCUT2D eigenvalue weighted by Crippen LogP contribution is 2.21. The van der Waals surface area contributed by atoms with Crippen molar-refractivity contribution in [2.45, 2.75) is 32.7 Å². The largest absolute Gasteiger partial charge is 0.456 e. The summed E-state index contributed by atoms with van der Waals surface area (Å²) in [5.41, 5.74) is -0.839. The number of piperazine rings is 1. The Bertz CT molecular complexity index is 476. The molecule has 98 valence electrons. The summed E-state index contributed by atoms with van der Waals surface area (Å²) in [7, 11) is 0. The summed E-state index contributed by atoms with van der Waals surface area (Å²) in [5.74, 6) is 0.714. The number of rotatable bonds is 2. The summed E-state index contributed by atoms with van der Waals surface area (Å²) in [6, 6.07) is 3.47. The number of aryl methyl sites for hydroxylation is 1. The summed E-state index contributed by atoms with van der Waals surface area (Å²) >= 11 is 0. The normalized spacial score (nSPS) is 18.6. The fraction of sp³-hybridized carbons (Fsp3) is 0.538. The van der Waals surface area contributed by atoms with Crippen LogP contribution in [0.25, 0.3) is 0 Å². The lowest BCUT2D eigenvalue weighted by molar-refractivity contribution is -0.133. The first-order chi connectivity index (χ1) is 8.46. The topological polar surface area (TPSA) is 62.6 Å². The van der Waals surface area contributed by atoms with E-state index in [-0.39, 0.29) is 11.8 Å². The van der Waals surface area contributed by atoms with Crippen molar-refractivity contribution in [3.8, 4) is 0 Å². The van der Waals surface area contributed by atoms with Crippen LogP contribution in [0.15, 0.2) is 16.5 Å². The van der Waals surface area contributed by atoms with Crippen molar-refractivity contribution in [3.05, 3.63) is 23.7 Å². The third-order valence-corrected chi connectivity index (χ3v) is 3.32. The molecule has 0 unspecified atom stereocenters. The molecule has 0 spiro atoms. The molecular formula is C13H18N2O3. The molecule has 1 aromatic rings. The van der Waals surface area contributed by atoms with Crippen LogP contribution in [0, 0.1) is 0 Å². The Morgan fingerprint density at radius 3 is 2.83 bits per heavy atom. The molecule has 1 aliphatic rings. The van der Waals surface area contributed by atoms with Crippen molar-refractivity contribution in [3.63, 3.8) is 0 Å². The Labute approximate surface area is 106 Å². The predicted molar refractivity (Wildman–Crippen MR) is 66.2 cm³/mol. The van der Waals surface area contributed by atoms with Crippen LogP contribution in [0.2, 0.25) is 0 Å². The van der Waals surface area contributed by atoms with Gasteiger partial charge < -0.3 is 14.6 Å². The molecule has 0 radical (unpaired) electrons. The fourth-order valence-electron chi connectivity index (χ4n) is 2.07. The third-order valence-electron chi connectivity index (χ3n) is 3.32. The highest BCUT2D eigenvalue weighted by Gasteiger charge is 2.41. The van der Waals surface area contributed by atoms with Gasteiger partial charge in [0.1, 0.15) is 11.3 Å². The average molecular weight is 250 g/mol. The van der Waals surface area contributed by atoms with E-state index in [1.54, 1.807) is 30.9 Å². The van der Waals surface area contributed by atoms with E-state index >= 15 is 0 Å². The molecule has 2 amide bonds. The molecule has 18 heavy (non-hydrogen) atoms. The van der Waals surface area contributed by atoms with E-state index < -0.39 is 5.54 Å². The maximum Gasteiger partial charge on any atom is 0.290 e. The SMILES string of the molecule is CCc1ccc(C(=O)N2CCNC(=O)C2(C)C)o1. The van der Waals surface area contributed by atoms with Crippen LogP contribution < -0.4 is 5.32 Å². The molecule has 0 saturated carbocycles. The number of nitrogens with zero attached hydrogens (tertiary/aromatic N) is 1. The summed E-state index contributed by atoms with van der Waals surface area (Å²) in [6.07, 6.45) is 0.747. The van der Waals surface area contributed by atoms with Gasteiger partial charge >= 0.3 is 0 Å². The molecule has 1 saturated heterocycles. The van der Waals surface area contributed by atoms with Crippen LogP contribution in [-0.4, -0.2) is 35.3 Å². The minimum Gasteiger partial charge on any atom is -0.456 e. The predicted octanol–water partition coefficient (Wildman–Crippen LogP) is 1.19. The van der Waals surface area contributed by atoms with Crippen LogP contribution in [0.4, 0.5) is 0 Å². The number of nitrogens with one attached hydrogen (secondary N) is 1. The summed E-state index contributed by atoms with van der Waals surface area (Å²) in [4.78, 5) is 25.7. The van der Waals surface area contributed by atoms with Crippen LogP contribution >= 0.6 is 0 Å². The highest BCUT2D eigenvalue weighted by atomic mass is 16.4. The van der Waals surface area contributed by atoms with Crippen LogP contribution in [0.3, 0.4) is 0 Å². The molecule has 1 N–H and O–H groups in total. The zero-order chi connectivity index (χ0) is 13.3. The Balaban J connectivity index is 2.24. The first kappa shape index (κ1) is 12.7. The number of carbonyl (C=O) groups excluding carboxylic acids is 2. The minimum atomic E-state index is -0.839. The van der Waals surface area contributed by atoms with Crippen molar-refractivity contribution in [1.82, 2.24) is 10.2 Å². The van der Waals surface area contributed by atoms with Gasteiger partial charge in [-0.05, 0) is 26.0 Å². The first-order valence-electron chi connectivity index (χ1n) is 6.15. The zero-order valence-electron chi connectivity index (χ0n) is 10.9. The summed E-state index contributed by atoms with van der Waals surface area (Å²) in [6.45, 7) is 6.42.